The third-order valence-corrected chi connectivity index (χ3v) is 4.23. The number of benzene rings is 1. The van der Waals surface area contributed by atoms with Crippen LogP contribution in [0.1, 0.15) is 5.56 Å². The Balaban J connectivity index is 2.31. The molecular formula is C13H17BrN2O2. The fourth-order valence-electron chi connectivity index (χ4n) is 2.16. The van der Waals surface area contributed by atoms with E-state index >= 15 is 0 Å². The number of amides is 1. The molecule has 18 heavy (non-hydrogen) atoms. The molecule has 4 nitrogen and oxygen atoms in total. The van der Waals surface area contributed by atoms with Gasteiger partial charge in [0.1, 0.15) is 6.04 Å². The molecule has 0 spiro atoms. The quantitative estimate of drug-likeness (QED) is 0.897. The number of hydrogen-bond acceptors (Lipinski definition) is 3. The van der Waals surface area contributed by atoms with E-state index in [9.17, 15) is 9.90 Å². The molecule has 1 aromatic carbocycles. The summed E-state index contributed by atoms with van der Waals surface area (Å²) < 4.78 is 1.02. The first-order valence-corrected chi connectivity index (χ1v) is 6.72. The van der Waals surface area contributed by atoms with Crippen LogP contribution in [0.15, 0.2) is 22.7 Å². The third kappa shape index (κ3) is 2.37. The summed E-state index contributed by atoms with van der Waals surface area (Å²) in [6.07, 6.45) is 0. The fourth-order valence-corrected chi connectivity index (χ4v) is 2.52. The number of halogens is 1. The van der Waals surface area contributed by atoms with Crippen LogP contribution in [0.4, 0.5) is 5.69 Å². The summed E-state index contributed by atoms with van der Waals surface area (Å²) in [5.74, 6) is -0.0274. The molecule has 2 rings (SSSR count). The Morgan fingerprint density at radius 3 is 2.78 bits per heavy atom. The maximum absolute atomic E-state index is 12.0. The van der Waals surface area contributed by atoms with E-state index in [0.29, 0.717) is 6.54 Å². The standard InChI is InChI=1S/C13H17BrN2O2/c1-9-3-4-10(7-11(9)14)16-6-5-15(2)13(18)12(16)8-17/h3-4,7,12,17H,5-6,8H2,1-2H3. The van der Waals surface area contributed by atoms with Crippen molar-refractivity contribution in [3.05, 3.63) is 28.2 Å². The van der Waals surface area contributed by atoms with E-state index in [-0.39, 0.29) is 12.5 Å². The number of carbonyl (C=O) groups is 1. The molecule has 0 aliphatic carbocycles. The van der Waals surface area contributed by atoms with Crippen molar-refractivity contribution in [3.8, 4) is 0 Å². The van der Waals surface area contributed by atoms with Gasteiger partial charge < -0.3 is 14.9 Å². The molecule has 1 aliphatic heterocycles. The average molecular weight is 313 g/mol. The number of carbonyl (C=O) groups excluding carboxylic acids is 1. The molecule has 0 bridgehead atoms. The molecule has 1 saturated heterocycles. The van der Waals surface area contributed by atoms with Crippen molar-refractivity contribution in [1.29, 1.82) is 0 Å². The van der Waals surface area contributed by atoms with Gasteiger partial charge in [-0.05, 0) is 24.6 Å². The predicted octanol–water partition coefficient (Wildman–Crippen LogP) is 1.40. The van der Waals surface area contributed by atoms with Gasteiger partial charge >= 0.3 is 0 Å². The maximum atomic E-state index is 12.0. The summed E-state index contributed by atoms with van der Waals surface area (Å²) in [5.41, 5.74) is 2.12. The zero-order valence-corrected chi connectivity index (χ0v) is 12.1. The van der Waals surface area contributed by atoms with Crippen molar-refractivity contribution in [2.24, 2.45) is 0 Å². The predicted molar refractivity (Wildman–Crippen MR) is 74.7 cm³/mol. The van der Waals surface area contributed by atoms with Crippen molar-refractivity contribution in [1.82, 2.24) is 4.90 Å². The van der Waals surface area contributed by atoms with Gasteiger partial charge in [0.05, 0.1) is 6.61 Å². The highest BCUT2D eigenvalue weighted by Gasteiger charge is 2.32. The molecular weight excluding hydrogens is 296 g/mol. The number of rotatable bonds is 2. The Labute approximate surface area is 115 Å². The van der Waals surface area contributed by atoms with Crippen LogP contribution in [0.25, 0.3) is 0 Å². The minimum Gasteiger partial charge on any atom is -0.394 e. The summed E-state index contributed by atoms with van der Waals surface area (Å²) in [6.45, 7) is 3.28. The highest BCUT2D eigenvalue weighted by Crippen LogP contribution is 2.26. The van der Waals surface area contributed by atoms with E-state index in [1.165, 1.54) is 0 Å². The zero-order valence-electron chi connectivity index (χ0n) is 10.6. The molecule has 0 aromatic heterocycles. The number of hydrogen-bond donors (Lipinski definition) is 1. The minimum atomic E-state index is -0.474. The molecule has 0 saturated carbocycles. The number of anilines is 1. The average Bonchev–Trinajstić information content (AvgIpc) is 2.36. The van der Waals surface area contributed by atoms with Crippen LogP contribution < -0.4 is 4.90 Å². The lowest BCUT2D eigenvalue weighted by atomic mass is 10.1. The number of piperazine rings is 1. The summed E-state index contributed by atoms with van der Waals surface area (Å²) in [7, 11) is 1.77. The smallest absolute Gasteiger partial charge is 0.247 e. The minimum absolute atomic E-state index is 0.0274. The number of aliphatic hydroxyl groups excluding tert-OH is 1. The van der Waals surface area contributed by atoms with Gasteiger partial charge in [-0.25, -0.2) is 0 Å². The van der Waals surface area contributed by atoms with Crippen LogP contribution in [0, 0.1) is 6.92 Å². The van der Waals surface area contributed by atoms with E-state index < -0.39 is 6.04 Å². The molecule has 1 atom stereocenters. The topological polar surface area (TPSA) is 43.8 Å². The Morgan fingerprint density at radius 1 is 1.44 bits per heavy atom. The first-order chi connectivity index (χ1) is 8.54. The molecule has 1 heterocycles. The largest absolute Gasteiger partial charge is 0.394 e. The van der Waals surface area contributed by atoms with Gasteiger partial charge in [0.25, 0.3) is 0 Å². The van der Waals surface area contributed by atoms with Crippen LogP contribution in [0.2, 0.25) is 0 Å². The van der Waals surface area contributed by atoms with Crippen LogP contribution in [0.5, 0.6) is 0 Å². The van der Waals surface area contributed by atoms with E-state index in [4.69, 9.17) is 0 Å². The van der Waals surface area contributed by atoms with Crippen molar-refractivity contribution in [3.63, 3.8) is 0 Å². The van der Waals surface area contributed by atoms with Crippen LogP contribution in [0.3, 0.4) is 0 Å². The lowest BCUT2D eigenvalue weighted by Gasteiger charge is -2.39. The van der Waals surface area contributed by atoms with Crippen molar-refractivity contribution in [2.45, 2.75) is 13.0 Å². The van der Waals surface area contributed by atoms with Crippen molar-refractivity contribution < 1.29 is 9.90 Å². The molecule has 1 aliphatic rings. The van der Waals surface area contributed by atoms with Crippen molar-refractivity contribution in [2.75, 3.05) is 31.6 Å². The normalized spacial score (nSPS) is 20.4. The molecule has 5 heteroatoms. The lowest BCUT2D eigenvalue weighted by molar-refractivity contribution is -0.133. The van der Waals surface area contributed by atoms with Gasteiger partial charge in [0.15, 0.2) is 0 Å². The molecule has 98 valence electrons. The molecule has 1 aromatic rings. The van der Waals surface area contributed by atoms with Gasteiger partial charge in [-0.15, -0.1) is 0 Å². The Morgan fingerprint density at radius 2 is 2.17 bits per heavy atom. The second-order valence-corrected chi connectivity index (χ2v) is 5.44. The van der Waals surface area contributed by atoms with E-state index in [0.717, 1.165) is 22.3 Å². The Bertz CT molecular complexity index is 464. The number of nitrogens with zero attached hydrogens (tertiary/aromatic N) is 2. The van der Waals surface area contributed by atoms with Gasteiger partial charge in [0, 0.05) is 30.3 Å². The summed E-state index contributed by atoms with van der Waals surface area (Å²) in [5, 5.41) is 9.43. The van der Waals surface area contributed by atoms with Gasteiger partial charge in [-0.2, -0.15) is 0 Å². The number of likely N-dealkylation sites (N-methyl/N-ethyl adjacent to an activating group) is 1. The van der Waals surface area contributed by atoms with E-state index in [1.54, 1.807) is 11.9 Å². The second kappa shape index (κ2) is 5.28. The van der Waals surface area contributed by atoms with Gasteiger partial charge in [0.2, 0.25) is 5.91 Å². The van der Waals surface area contributed by atoms with E-state index in [2.05, 4.69) is 15.9 Å². The molecule has 0 radical (unpaired) electrons. The summed E-state index contributed by atoms with van der Waals surface area (Å²) >= 11 is 3.50. The SMILES string of the molecule is Cc1ccc(N2CCN(C)C(=O)C2CO)cc1Br. The second-order valence-electron chi connectivity index (χ2n) is 4.59. The first kappa shape index (κ1) is 13.4. The number of aryl methyl sites for hydroxylation is 1. The van der Waals surface area contributed by atoms with Gasteiger partial charge in [-0.1, -0.05) is 22.0 Å². The van der Waals surface area contributed by atoms with Crippen molar-refractivity contribution >= 4 is 27.5 Å². The summed E-state index contributed by atoms with van der Waals surface area (Å²) in [4.78, 5) is 15.6. The van der Waals surface area contributed by atoms with Crippen LogP contribution in [-0.4, -0.2) is 48.7 Å². The molecule has 1 fully saturated rings. The lowest BCUT2D eigenvalue weighted by Crippen LogP contribution is -2.57. The third-order valence-electron chi connectivity index (χ3n) is 3.37. The van der Waals surface area contributed by atoms with Gasteiger partial charge in [-0.3, -0.25) is 4.79 Å². The van der Waals surface area contributed by atoms with Crippen LogP contribution >= 0.6 is 15.9 Å². The number of aliphatic hydroxyl groups is 1. The fraction of sp³-hybridized carbons (Fsp3) is 0.462. The molecule has 1 amide bonds. The first-order valence-electron chi connectivity index (χ1n) is 5.93. The highest BCUT2D eigenvalue weighted by molar-refractivity contribution is 9.10. The summed E-state index contributed by atoms with van der Waals surface area (Å²) in [6, 6.07) is 5.52. The monoisotopic (exact) mass is 312 g/mol. The molecule has 1 unspecified atom stereocenters. The Hall–Kier alpha value is -1.07. The zero-order chi connectivity index (χ0) is 13.3. The van der Waals surface area contributed by atoms with Crippen LogP contribution in [-0.2, 0) is 4.79 Å². The molecule has 1 N–H and O–H groups in total. The maximum Gasteiger partial charge on any atom is 0.247 e. The Kier molecular flexibility index (Phi) is 3.92. The highest BCUT2D eigenvalue weighted by atomic mass is 79.9. The van der Waals surface area contributed by atoms with E-state index in [1.807, 2.05) is 30.0 Å².